The number of piperidine rings is 3. The fourth-order valence-electron chi connectivity index (χ4n) is 8.01. The fraction of sp³-hybridized carbons (Fsp3) is 0.528. The van der Waals surface area contributed by atoms with E-state index in [1.54, 1.807) is 6.20 Å². The molecule has 5 heterocycles. The van der Waals surface area contributed by atoms with E-state index in [1.807, 2.05) is 52.3 Å². The summed E-state index contributed by atoms with van der Waals surface area (Å²) in [5.74, 6) is 1.67. The molecule has 2 aromatic heterocycles. The highest BCUT2D eigenvalue weighted by molar-refractivity contribution is 5.86. The standard InChI is InChI=1S/C36H46N8O3/c1-41-15-9-26(10-16-41)27-11-17-43(18-12-27)35(46)29(21-25-7-8-32-30(22-25)24-37-39-32)23-33(45)42-19-13-31(14-20-42)44-36(47)38-34(40-44)28-5-3-2-4-6-28/h2-8,22,24,26-27,29,31H,9-21,23H2,1H3,(H,37,39)(H,38,40,47). The van der Waals surface area contributed by atoms with E-state index in [0.717, 1.165) is 53.9 Å². The van der Waals surface area contributed by atoms with E-state index in [1.165, 1.54) is 30.6 Å². The molecule has 4 aromatic rings. The lowest BCUT2D eigenvalue weighted by Gasteiger charge is -2.40. The van der Waals surface area contributed by atoms with Crippen LogP contribution < -0.4 is 5.69 Å². The highest BCUT2D eigenvalue weighted by atomic mass is 16.2. The molecule has 0 aliphatic carbocycles. The molecule has 2 aromatic carbocycles. The van der Waals surface area contributed by atoms with Gasteiger partial charge in [-0.15, -0.1) is 5.10 Å². The number of rotatable bonds is 8. The van der Waals surface area contributed by atoms with Crippen molar-refractivity contribution < 1.29 is 9.59 Å². The van der Waals surface area contributed by atoms with Crippen molar-refractivity contribution in [1.82, 2.24) is 39.7 Å². The van der Waals surface area contributed by atoms with Crippen LogP contribution in [0.4, 0.5) is 0 Å². The molecule has 2 amide bonds. The van der Waals surface area contributed by atoms with E-state index in [4.69, 9.17) is 0 Å². The molecule has 0 spiro atoms. The molecule has 248 valence electrons. The fourth-order valence-corrected chi connectivity index (χ4v) is 8.01. The van der Waals surface area contributed by atoms with Gasteiger partial charge in [-0.2, -0.15) is 5.10 Å². The van der Waals surface area contributed by atoms with Crippen LogP contribution in [0.1, 0.15) is 56.6 Å². The average molecular weight is 639 g/mol. The summed E-state index contributed by atoms with van der Waals surface area (Å²) in [6, 6.07) is 15.6. The number of aromatic nitrogens is 5. The van der Waals surface area contributed by atoms with Crippen LogP contribution in [-0.2, 0) is 16.0 Å². The summed E-state index contributed by atoms with van der Waals surface area (Å²) in [5, 5.41) is 12.7. The maximum absolute atomic E-state index is 14.1. The predicted molar refractivity (Wildman–Crippen MR) is 181 cm³/mol. The average Bonchev–Trinajstić information content (AvgIpc) is 3.75. The second-order valence-electron chi connectivity index (χ2n) is 13.9. The number of hydrogen-bond donors (Lipinski definition) is 2. The second kappa shape index (κ2) is 13.9. The number of amides is 2. The topological polar surface area (TPSA) is 123 Å². The molecular formula is C36H46N8O3. The molecule has 7 rings (SSSR count). The van der Waals surface area contributed by atoms with Crippen molar-refractivity contribution in [3.8, 4) is 11.4 Å². The summed E-state index contributed by atoms with van der Waals surface area (Å²) in [6.07, 6.45) is 8.39. The molecule has 11 heteroatoms. The van der Waals surface area contributed by atoms with Gasteiger partial charge in [-0.3, -0.25) is 19.7 Å². The summed E-state index contributed by atoms with van der Waals surface area (Å²) >= 11 is 0. The van der Waals surface area contributed by atoms with Crippen molar-refractivity contribution in [1.29, 1.82) is 0 Å². The van der Waals surface area contributed by atoms with Crippen LogP contribution in [0.25, 0.3) is 22.3 Å². The Morgan fingerprint density at radius 2 is 1.55 bits per heavy atom. The van der Waals surface area contributed by atoms with Crippen molar-refractivity contribution in [2.45, 2.75) is 57.4 Å². The molecule has 2 N–H and O–H groups in total. The van der Waals surface area contributed by atoms with Crippen LogP contribution in [0.2, 0.25) is 0 Å². The number of likely N-dealkylation sites (tertiary alicyclic amines) is 3. The molecule has 47 heavy (non-hydrogen) atoms. The van der Waals surface area contributed by atoms with Crippen molar-refractivity contribution in [3.05, 3.63) is 70.8 Å². The van der Waals surface area contributed by atoms with Crippen LogP contribution in [0.3, 0.4) is 0 Å². The van der Waals surface area contributed by atoms with Crippen LogP contribution in [0.5, 0.6) is 0 Å². The van der Waals surface area contributed by atoms with Crippen LogP contribution in [0.15, 0.2) is 59.5 Å². The predicted octanol–water partition coefficient (Wildman–Crippen LogP) is 4.11. The zero-order chi connectivity index (χ0) is 32.3. The summed E-state index contributed by atoms with van der Waals surface area (Å²) in [7, 11) is 2.20. The van der Waals surface area contributed by atoms with Gasteiger partial charge in [0.2, 0.25) is 11.8 Å². The Hall–Kier alpha value is -4.25. The minimum Gasteiger partial charge on any atom is -0.343 e. The molecule has 1 atom stereocenters. The van der Waals surface area contributed by atoms with Gasteiger partial charge in [-0.1, -0.05) is 36.4 Å². The summed E-state index contributed by atoms with van der Waals surface area (Å²) in [4.78, 5) is 49.9. The van der Waals surface area contributed by atoms with Gasteiger partial charge in [0.15, 0.2) is 5.82 Å². The number of carbonyl (C=O) groups is 2. The zero-order valence-corrected chi connectivity index (χ0v) is 27.3. The molecule has 11 nitrogen and oxygen atoms in total. The second-order valence-corrected chi connectivity index (χ2v) is 13.9. The Balaban J connectivity index is 1.000. The Morgan fingerprint density at radius 3 is 2.28 bits per heavy atom. The van der Waals surface area contributed by atoms with Crippen molar-refractivity contribution in [2.75, 3.05) is 46.3 Å². The zero-order valence-electron chi connectivity index (χ0n) is 27.3. The number of nitrogens with one attached hydrogen (secondary N) is 2. The SMILES string of the molecule is CN1CCC(C2CCN(C(=O)C(CC(=O)N3CCC(n4nc(-c5ccccc5)[nH]c4=O)CC3)Cc3ccc4[nH]ncc4c3)CC2)CC1. The van der Waals surface area contributed by atoms with Crippen molar-refractivity contribution in [3.63, 3.8) is 0 Å². The summed E-state index contributed by atoms with van der Waals surface area (Å²) < 4.78 is 1.54. The molecule has 0 bridgehead atoms. The third kappa shape index (κ3) is 7.05. The first-order valence-electron chi connectivity index (χ1n) is 17.3. The van der Waals surface area contributed by atoms with E-state index >= 15 is 0 Å². The number of hydrogen-bond acceptors (Lipinski definition) is 6. The first kappa shape index (κ1) is 31.4. The Kier molecular flexibility index (Phi) is 9.24. The molecule has 3 fully saturated rings. The lowest BCUT2D eigenvalue weighted by Crippen LogP contribution is -2.46. The van der Waals surface area contributed by atoms with Crippen molar-refractivity contribution in [2.24, 2.45) is 17.8 Å². The molecular weight excluding hydrogens is 592 g/mol. The maximum atomic E-state index is 14.1. The van der Waals surface area contributed by atoms with Crippen molar-refractivity contribution >= 4 is 22.7 Å². The van der Waals surface area contributed by atoms with Crippen LogP contribution in [0, 0.1) is 17.8 Å². The van der Waals surface area contributed by atoms with Gasteiger partial charge >= 0.3 is 5.69 Å². The van der Waals surface area contributed by atoms with Gasteiger partial charge in [0.05, 0.1) is 23.7 Å². The van der Waals surface area contributed by atoms with E-state index < -0.39 is 5.92 Å². The van der Waals surface area contributed by atoms with E-state index in [0.29, 0.717) is 44.1 Å². The summed E-state index contributed by atoms with van der Waals surface area (Å²) in [6.45, 7) is 4.95. The minimum absolute atomic E-state index is 0.00625. The normalized spacial score (nSPS) is 19.8. The number of carbonyl (C=O) groups excluding carboxylic acids is 2. The molecule has 0 radical (unpaired) electrons. The molecule has 3 saturated heterocycles. The first-order valence-corrected chi connectivity index (χ1v) is 17.3. The Bertz CT molecular complexity index is 1720. The smallest absolute Gasteiger partial charge is 0.343 e. The number of H-pyrrole nitrogens is 2. The molecule has 1 unspecified atom stereocenters. The van der Waals surface area contributed by atoms with E-state index in [9.17, 15) is 14.4 Å². The number of fused-ring (bicyclic) bond motifs is 1. The largest absolute Gasteiger partial charge is 0.343 e. The Morgan fingerprint density at radius 1 is 0.872 bits per heavy atom. The number of aromatic amines is 2. The van der Waals surface area contributed by atoms with E-state index in [2.05, 4.69) is 38.3 Å². The van der Waals surface area contributed by atoms with Gasteiger partial charge in [0.25, 0.3) is 0 Å². The van der Waals surface area contributed by atoms with E-state index in [-0.39, 0.29) is 30.0 Å². The monoisotopic (exact) mass is 638 g/mol. The van der Waals surface area contributed by atoms with Gasteiger partial charge in [-0.25, -0.2) is 9.48 Å². The third-order valence-corrected chi connectivity index (χ3v) is 10.9. The highest BCUT2D eigenvalue weighted by Gasteiger charge is 2.35. The minimum atomic E-state index is -0.424. The summed E-state index contributed by atoms with van der Waals surface area (Å²) in [5.41, 5.74) is 2.63. The third-order valence-electron chi connectivity index (χ3n) is 10.9. The lowest BCUT2D eigenvalue weighted by molar-refractivity contribution is -0.143. The van der Waals surface area contributed by atoms with Gasteiger partial charge < -0.3 is 14.7 Å². The maximum Gasteiger partial charge on any atom is 0.343 e. The van der Waals surface area contributed by atoms with Crippen LogP contribution >= 0.6 is 0 Å². The number of nitrogens with zero attached hydrogens (tertiary/aromatic N) is 6. The highest BCUT2D eigenvalue weighted by Crippen LogP contribution is 2.33. The van der Waals surface area contributed by atoms with Gasteiger partial charge in [0.1, 0.15) is 0 Å². The van der Waals surface area contributed by atoms with Gasteiger partial charge in [-0.05, 0) is 94.6 Å². The Labute approximate surface area is 275 Å². The molecule has 0 saturated carbocycles. The molecule has 3 aliphatic heterocycles. The first-order chi connectivity index (χ1) is 22.9. The number of benzene rings is 2. The quantitative estimate of drug-likeness (QED) is 0.300. The van der Waals surface area contributed by atoms with Crippen LogP contribution in [-0.4, -0.2) is 97.8 Å². The molecule has 3 aliphatic rings. The van der Waals surface area contributed by atoms with Gasteiger partial charge in [0, 0.05) is 43.5 Å². The lowest BCUT2D eigenvalue weighted by atomic mass is 9.78.